The van der Waals surface area contributed by atoms with Crippen molar-refractivity contribution in [1.82, 2.24) is 0 Å². The Bertz CT molecular complexity index is 581. The van der Waals surface area contributed by atoms with Crippen LogP contribution in [-0.2, 0) is 0 Å². The number of carboxylic acid groups (broad SMARTS) is 1. The lowest BCUT2D eigenvalue weighted by Crippen LogP contribution is -1.94. The topological polar surface area (TPSA) is 57.5 Å². The van der Waals surface area contributed by atoms with Crippen molar-refractivity contribution >= 4 is 40.3 Å². The smallest absolute Gasteiger partial charge is 0.335 e. The molecule has 0 aromatic heterocycles. The first-order valence-corrected chi connectivity index (χ1v) is 6.95. The number of rotatable bonds is 3. The number of halogens is 1. The molecule has 0 aliphatic heterocycles. The SMILES string of the molecule is O=C(O)c1ccc(Sc2ccc(O)cc2I)cc1. The molecule has 2 N–H and O–H groups in total. The lowest BCUT2D eigenvalue weighted by atomic mass is 10.2. The summed E-state index contributed by atoms with van der Waals surface area (Å²) in [5.41, 5.74) is 0.278. The monoisotopic (exact) mass is 372 g/mol. The van der Waals surface area contributed by atoms with Crippen LogP contribution in [0, 0.1) is 3.57 Å². The van der Waals surface area contributed by atoms with Gasteiger partial charge in [0.25, 0.3) is 0 Å². The second-order valence-electron chi connectivity index (χ2n) is 3.55. The predicted octanol–water partition coefficient (Wildman–Crippen LogP) is 3.85. The molecule has 0 saturated heterocycles. The van der Waals surface area contributed by atoms with Gasteiger partial charge in [-0.3, -0.25) is 0 Å². The minimum absolute atomic E-state index is 0.241. The highest BCUT2D eigenvalue weighted by molar-refractivity contribution is 14.1. The van der Waals surface area contributed by atoms with E-state index in [1.807, 2.05) is 6.07 Å². The lowest BCUT2D eigenvalue weighted by Gasteiger charge is -2.05. The van der Waals surface area contributed by atoms with Crippen LogP contribution in [0.1, 0.15) is 10.4 Å². The van der Waals surface area contributed by atoms with Crippen molar-refractivity contribution in [2.45, 2.75) is 9.79 Å². The molecule has 0 fully saturated rings. The van der Waals surface area contributed by atoms with Crippen LogP contribution in [0.25, 0.3) is 0 Å². The fraction of sp³-hybridized carbons (Fsp3) is 0. The van der Waals surface area contributed by atoms with Crippen LogP contribution in [0.2, 0.25) is 0 Å². The molecule has 2 aromatic carbocycles. The maximum absolute atomic E-state index is 10.7. The van der Waals surface area contributed by atoms with E-state index in [1.165, 1.54) is 11.8 Å². The van der Waals surface area contributed by atoms with Crippen LogP contribution >= 0.6 is 34.4 Å². The summed E-state index contributed by atoms with van der Waals surface area (Å²) in [5, 5.41) is 18.1. The molecule has 0 amide bonds. The van der Waals surface area contributed by atoms with Crippen LogP contribution in [0.3, 0.4) is 0 Å². The molecule has 0 heterocycles. The Labute approximate surface area is 122 Å². The van der Waals surface area contributed by atoms with Gasteiger partial charge >= 0.3 is 5.97 Å². The van der Waals surface area contributed by atoms with Gasteiger partial charge in [-0.25, -0.2) is 4.79 Å². The Kier molecular flexibility index (Phi) is 4.13. The van der Waals surface area contributed by atoms with E-state index < -0.39 is 5.97 Å². The third kappa shape index (κ3) is 3.17. The van der Waals surface area contributed by atoms with Crippen molar-refractivity contribution in [2.75, 3.05) is 0 Å². The van der Waals surface area contributed by atoms with E-state index in [1.54, 1.807) is 36.4 Å². The number of carbonyl (C=O) groups is 1. The average Bonchev–Trinajstić information content (AvgIpc) is 2.33. The van der Waals surface area contributed by atoms with Crippen molar-refractivity contribution < 1.29 is 15.0 Å². The molecule has 3 nitrogen and oxygen atoms in total. The summed E-state index contributed by atoms with van der Waals surface area (Å²) in [7, 11) is 0. The van der Waals surface area contributed by atoms with Crippen LogP contribution in [0.4, 0.5) is 0 Å². The first kappa shape index (κ1) is 13.2. The fourth-order valence-electron chi connectivity index (χ4n) is 1.37. The highest BCUT2D eigenvalue weighted by Crippen LogP contribution is 2.33. The Morgan fingerprint density at radius 2 is 1.78 bits per heavy atom. The van der Waals surface area contributed by atoms with Gasteiger partial charge in [0.2, 0.25) is 0 Å². The molecule has 2 rings (SSSR count). The summed E-state index contributed by atoms with van der Waals surface area (Å²) in [4.78, 5) is 12.7. The molecular weight excluding hydrogens is 363 g/mol. The predicted molar refractivity (Wildman–Crippen MR) is 78.3 cm³/mol. The minimum atomic E-state index is -0.925. The second-order valence-corrected chi connectivity index (χ2v) is 5.82. The molecule has 0 unspecified atom stereocenters. The van der Waals surface area contributed by atoms with Gasteiger partial charge in [-0.1, -0.05) is 11.8 Å². The molecule has 0 aliphatic carbocycles. The lowest BCUT2D eigenvalue weighted by molar-refractivity contribution is 0.0697. The maximum atomic E-state index is 10.7. The van der Waals surface area contributed by atoms with Crippen LogP contribution in [0.15, 0.2) is 52.3 Å². The summed E-state index contributed by atoms with van der Waals surface area (Å²) >= 11 is 3.69. The quantitative estimate of drug-likeness (QED) is 0.804. The van der Waals surface area contributed by atoms with Gasteiger partial charge in [0, 0.05) is 13.4 Å². The summed E-state index contributed by atoms with van der Waals surface area (Å²) in [5.74, 6) is -0.685. The van der Waals surface area contributed by atoms with Crippen molar-refractivity contribution in [1.29, 1.82) is 0 Å². The maximum Gasteiger partial charge on any atom is 0.335 e. The Hall–Kier alpha value is -1.21. The van der Waals surface area contributed by atoms with Crippen molar-refractivity contribution in [3.63, 3.8) is 0 Å². The summed E-state index contributed by atoms with van der Waals surface area (Å²) < 4.78 is 0.958. The zero-order valence-electron chi connectivity index (χ0n) is 9.13. The number of phenols is 1. The number of benzene rings is 2. The van der Waals surface area contributed by atoms with Crippen molar-refractivity contribution in [2.24, 2.45) is 0 Å². The van der Waals surface area contributed by atoms with Gasteiger partial charge in [-0.2, -0.15) is 0 Å². The van der Waals surface area contributed by atoms with E-state index in [0.29, 0.717) is 0 Å². The van der Waals surface area contributed by atoms with Gasteiger partial charge in [-0.05, 0) is 65.1 Å². The first-order valence-electron chi connectivity index (χ1n) is 5.06. The van der Waals surface area contributed by atoms with Crippen molar-refractivity contribution in [3.05, 3.63) is 51.6 Å². The number of hydrogen-bond donors (Lipinski definition) is 2. The Balaban J connectivity index is 2.21. The average molecular weight is 372 g/mol. The van der Waals surface area contributed by atoms with Crippen molar-refractivity contribution in [3.8, 4) is 5.75 Å². The van der Waals surface area contributed by atoms with E-state index >= 15 is 0 Å². The van der Waals surface area contributed by atoms with Crippen LogP contribution < -0.4 is 0 Å². The molecule has 2 aromatic rings. The number of aromatic hydroxyl groups is 1. The van der Waals surface area contributed by atoms with Gasteiger partial charge in [-0.15, -0.1) is 0 Å². The normalized spacial score (nSPS) is 10.3. The molecule has 0 saturated carbocycles. The van der Waals surface area contributed by atoms with Crippen LogP contribution in [0.5, 0.6) is 5.75 Å². The van der Waals surface area contributed by atoms with E-state index in [4.69, 9.17) is 5.11 Å². The van der Waals surface area contributed by atoms with Gasteiger partial charge in [0.05, 0.1) is 5.56 Å². The van der Waals surface area contributed by atoms with E-state index in [-0.39, 0.29) is 11.3 Å². The molecule has 18 heavy (non-hydrogen) atoms. The molecule has 92 valence electrons. The summed E-state index contributed by atoms with van der Waals surface area (Å²) in [6.07, 6.45) is 0. The fourth-order valence-corrected chi connectivity index (χ4v) is 3.01. The van der Waals surface area contributed by atoms with Gasteiger partial charge in [0.1, 0.15) is 5.75 Å². The first-order chi connectivity index (χ1) is 8.56. The number of aromatic carboxylic acids is 1. The van der Waals surface area contributed by atoms with Gasteiger partial charge in [0.15, 0.2) is 0 Å². The summed E-state index contributed by atoms with van der Waals surface area (Å²) in [6, 6.07) is 11.9. The Morgan fingerprint density at radius 3 is 2.33 bits per heavy atom. The highest BCUT2D eigenvalue weighted by Gasteiger charge is 2.05. The molecule has 5 heteroatoms. The largest absolute Gasteiger partial charge is 0.508 e. The van der Waals surface area contributed by atoms with E-state index in [9.17, 15) is 9.90 Å². The zero-order chi connectivity index (χ0) is 13.1. The van der Waals surface area contributed by atoms with Gasteiger partial charge < -0.3 is 10.2 Å². The molecule has 0 aliphatic rings. The molecule has 0 bridgehead atoms. The molecule has 0 atom stereocenters. The standard InChI is InChI=1S/C13H9IO3S/c14-11-7-9(15)3-6-12(11)18-10-4-1-8(2-5-10)13(16)17/h1-7,15H,(H,16,17). The number of hydrogen-bond acceptors (Lipinski definition) is 3. The zero-order valence-corrected chi connectivity index (χ0v) is 12.1. The Morgan fingerprint density at radius 1 is 1.11 bits per heavy atom. The van der Waals surface area contributed by atoms with E-state index in [2.05, 4.69) is 22.6 Å². The van der Waals surface area contributed by atoms with E-state index in [0.717, 1.165) is 13.4 Å². The number of carboxylic acids is 1. The molecule has 0 spiro atoms. The highest BCUT2D eigenvalue weighted by atomic mass is 127. The number of phenolic OH excluding ortho intramolecular Hbond substituents is 1. The van der Waals surface area contributed by atoms with Crippen LogP contribution in [-0.4, -0.2) is 16.2 Å². The third-order valence-corrected chi connectivity index (χ3v) is 4.59. The molecular formula is C13H9IO3S. The second kappa shape index (κ2) is 5.62. The minimum Gasteiger partial charge on any atom is -0.508 e. The summed E-state index contributed by atoms with van der Waals surface area (Å²) in [6.45, 7) is 0. The molecule has 0 radical (unpaired) electrons. The third-order valence-electron chi connectivity index (χ3n) is 2.24.